The standard InChI is InChI=1S/C22H17BrFN5O/c1-28(20-11-3-2-10(23)4-12(11)13-5-14(13)20)22(30)15-6-18-17(7-16(15)24)27-21(25)19-8-26-9-29(18)19/h2-4,6-9,13-14,20H,5H2,1H3,(H2,25,27)/t13-,14-,20-/m0/s1. The molecule has 0 aliphatic heterocycles. The zero-order valence-electron chi connectivity index (χ0n) is 16.0. The molecule has 0 radical (unpaired) electrons. The van der Waals surface area contributed by atoms with Gasteiger partial charge in [-0.05, 0) is 47.6 Å². The van der Waals surface area contributed by atoms with Crippen LogP contribution in [0, 0.1) is 11.7 Å². The predicted molar refractivity (Wildman–Crippen MR) is 115 cm³/mol. The van der Waals surface area contributed by atoms with E-state index in [0.29, 0.717) is 28.4 Å². The van der Waals surface area contributed by atoms with Crippen LogP contribution >= 0.6 is 15.9 Å². The lowest BCUT2D eigenvalue weighted by atomic mass is 10.0. The van der Waals surface area contributed by atoms with Gasteiger partial charge in [0.05, 0.1) is 35.2 Å². The van der Waals surface area contributed by atoms with Gasteiger partial charge in [0.15, 0.2) is 0 Å². The van der Waals surface area contributed by atoms with Crippen molar-refractivity contribution in [1.29, 1.82) is 0 Å². The molecule has 0 unspecified atom stereocenters. The minimum absolute atomic E-state index is 0.0225. The van der Waals surface area contributed by atoms with Gasteiger partial charge in [0, 0.05) is 17.6 Å². The molecule has 150 valence electrons. The average molecular weight is 466 g/mol. The van der Waals surface area contributed by atoms with Crippen LogP contribution in [0.15, 0.2) is 47.3 Å². The Bertz CT molecular complexity index is 1380. The van der Waals surface area contributed by atoms with Crippen LogP contribution in [-0.4, -0.2) is 32.2 Å². The Labute approximate surface area is 179 Å². The van der Waals surface area contributed by atoms with Crippen LogP contribution in [0.2, 0.25) is 0 Å². The van der Waals surface area contributed by atoms with E-state index in [1.165, 1.54) is 11.6 Å². The summed E-state index contributed by atoms with van der Waals surface area (Å²) in [5.74, 6) is 0.202. The summed E-state index contributed by atoms with van der Waals surface area (Å²) in [5.41, 5.74) is 10.0. The third-order valence-corrected chi connectivity index (χ3v) is 6.94. The van der Waals surface area contributed by atoms with Gasteiger partial charge in [-0.3, -0.25) is 9.20 Å². The smallest absolute Gasteiger partial charge is 0.257 e. The number of carbonyl (C=O) groups excluding carboxylic acids is 1. The Morgan fingerprint density at radius 3 is 2.93 bits per heavy atom. The summed E-state index contributed by atoms with van der Waals surface area (Å²) in [6.45, 7) is 0. The van der Waals surface area contributed by atoms with E-state index < -0.39 is 5.82 Å². The van der Waals surface area contributed by atoms with E-state index >= 15 is 0 Å². The van der Waals surface area contributed by atoms with E-state index in [1.807, 2.05) is 6.07 Å². The molecule has 1 fully saturated rings. The topological polar surface area (TPSA) is 76.5 Å². The van der Waals surface area contributed by atoms with Crippen molar-refractivity contribution in [1.82, 2.24) is 19.3 Å². The molecule has 2 aromatic carbocycles. The highest BCUT2D eigenvalue weighted by atomic mass is 79.9. The number of aromatic nitrogens is 3. The molecule has 1 saturated carbocycles. The summed E-state index contributed by atoms with van der Waals surface area (Å²) in [6, 6.07) is 8.98. The number of amides is 1. The number of halogens is 2. The van der Waals surface area contributed by atoms with E-state index in [9.17, 15) is 9.18 Å². The summed E-state index contributed by atoms with van der Waals surface area (Å²) in [4.78, 5) is 23.4. The average Bonchev–Trinajstić information content (AvgIpc) is 3.20. The number of nitrogens with two attached hydrogens (primary N) is 1. The molecule has 6 nitrogen and oxygen atoms in total. The largest absolute Gasteiger partial charge is 0.382 e. The van der Waals surface area contributed by atoms with Crippen molar-refractivity contribution in [3.05, 3.63) is 69.8 Å². The fourth-order valence-corrected chi connectivity index (χ4v) is 5.34. The summed E-state index contributed by atoms with van der Waals surface area (Å²) < 4.78 is 17.7. The van der Waals surface area contributed by atoms with Crippen LogP contribution < -0.4 is 5.73 Å². The Kier molecular flexibility index (Phi) is 3.57. The fourth-order valence-electron chi connectivity index (χ4n) is 4.96. The normalized spacial score (nSPS) is 21.6. The molecule has 2 aliphatic rings. The fraction of sp³-hybridized carbons (Fsp3) is 0.227. The monoisotopic (exact) mass is 465 g/mol. The number of anilines is 1. The van der Waals surface area contributed by atoms with Gasteiger partial charge in [-0.1, -0.05) is 22.0 Å². The van der Waals surface area contributed by atoms with Gasteiger partial charge >= 0.3 is 0 Å². The van der Waals surface area contributed by atoms with Crippen LogP contribution in [0.3, 0.4) is 0 Å². The number of imidazole rings is 1. The molecule has 0 bridgehead atoms. The zero-order chi connectivity index (χ0) is 20.7. The molecule has 4 aromatic rings. The molecule has 0 saturated heterocycles. The molecule has 2 aliphatic carbocycles. The van der Waals surface area contributed by atoms with Crippen LogP contribution in [0.1, 0.15) is 39.9 Å². The molecule has 2 aromatic heterocycles. The highest BCUT2D eigenvalue weighted by molar-refractivity contribution is 9.10. The molecule has 8 heteroatoms. The van der Waals surface area contributed by atoms with Gasteiger partial charge < -0.3 is 10.6 Å². The van der Waals surface area contributed by atoms with Crippen LogP contribution in [0.25, 0.3) is 16.6 Å². The molecule has 3 atom stereocenters. The summed E-state index contributed by atoms with van der Waals surface area (Å²) in [7, 11) is 1.76. The molecule has 6 rings (SSSR count). The molecule has 30 heavy (non-hydrogen) atoms. The second kappa shape index (κ2) is 6.01. The van der Waals surface area contributed by atoms with Crippen molar-refractivity contribution >= 4 is 44.2 Å². The molecule has 1 amide bonds. The maximum absolute atomic E-state index is 15.0. The maximum atomic E-state index is 15.0. The van der Waals surface area contributed by atoms with Crippen molar-refractivity contribution in [2.45, 2.75) is 18.4 Å². The Balaban J connectivity index is 1.44. The second-order valence-electron chi connectivity index (χ2n) is 8.11. The van der Waals surface area contributed by atoms with Crippen LogP contribution in [0.5, 0.6) is 0 Å². The van der Waals surface area contributed by atoms with E-state index in [4.69, 9.17) is 5.73 Å². The number of carbonyl (C=O) groups is 1. The van der Waals surface area contributed by atoms with Gasteiger partial charge in [0.1, 0.15) is 17.2 Å². The molecular formula is C22H17BrFN5O. The van der Waals surface area contributed by atoms with Gasteiger partial charge in [0.25, 0.3) is 5.91 Å². The lowest BCUT2D eigenvalue weighted by Gasteiger charge is -2.28. The van der Waals surface area contributed by atoms with E-state index in [0.717, 1.165) is 16.5 Å². The first-order valence-corrected chi connectivity index (χ1v) is 10.5. The lowest BCUT2D eigenvalue weighted by molar-refractivity contribution is 0.0711. The van der Waals surface area contributed by atoms with Crippen molar-refractivity contribution < 1.29 is 9.18 Å². The summed E-state index contributed by atoms with van der Waals surface area (Å²) in [5, 5.41) is 0. The third-order valence-electron chi connectivity index (χ3n) is 6.45. The highest BCUT2D eigenvalue weighted by Crippen LogP contribution is 2.63. The SMILES string of the molecule is CN(C(=O)c1cc2c(cc1F)nc(N)c1cncn12)[C@H]1c2ccc(Br)cc2[C@@H]2C[C@@H]21. The number of hydrogen-bond donors (Lipinski definition) is 1. The number of benzene rings is 2. The van der Waals surface area contributed by atoms with E-state index in [-0.39, 0.29) is 23.3 Å². The first-order valence-electron chi connectivity index (χ1n) is 9.71. The number of fused-ring (bicyclic) bond motifs is 6. The minimum atomic E-state index is -0.605. The summed E-state index contributed by atoms with van der Waals surface area (Å²) >= 11 is 3.54. The van der Waals surface area contributed by atoms with Gasteiger partial charge in [0.2, 0.25) is 0 Å². The minimum Gasteiger partial charge on any atom is -0.382 e. The Hall–Kier alpha value is -3.00. The first-order chi connectivity index (χ1) is 14.4. The number of hydrogen-bond acceptors (Lipinski definition) is 4. The molecule has 0 spiro atoms. The van der Waals surface area contributed by atoms with Crippen LogP contribution in [0.4, 0.5) is 10.2 Å². The third kappa shape index (κ3) is 2.37. The molecular weight excluding hydrogens is 449 g/mol. The van der Waals surface area contributed by atoms with Crippen molar-refractivity contribution in [3.63, 3.8) is 0 Å². The van der Waals surface area contributed by atoms with E-state index in [2.05, 4.69) is 38.0 Å². The van der Waals surface area contributed by atoms with Crippen molar-refractivity contribution in [2.75, 3.05) is 12.8 Å². The number of rotatable bonds is 2. The summed E-state index contributed by atoms with van der Waals surface area (Å²) in [6.07, 6.45) is 4.25. The molecule has 2 N–H and O–H groups in total. The number of nitrogens with zero attached hydrogens (tertiary/aromatic N) is 4. The highest BCUT2D eigenvalue weighted by Gasteiger charge is 2.54. The predicted octanol–water partition coefficient (Wildman–Crippen LogP) is 4.30. The van der Waals surface area contributed by atoms with Crippen LogP contribution in [-0.2, 0) is 0 Å². The first kappa shape index (κ1) is 17.8. The quantitative estimate of drug-likeness (QED) is 0.478. The van der Waals surface area contributed by atoms with Crippen molar-refractivity contribution in [2.24, 2.45) is 5.92 Å². The molecule has 2 heterocycles. The second-order valence-corrected chi connectivity index (χ2v) is 9.02. The lowest BCUT2D eigenvalue weighted by Crippen LogP contribution is -2.32. The Morgan fingerprint density at radius 2 is 2.10 bits per heavy atom. The number of nitrogen functional groups attached to an aromatic ring is 1. The van der Waals surface area contributed by atoms with E-state index in [1.54, 1.807) is 34.9 Å². The van der Waals surface area contributed by atoms with Gasteiger partial charge in [-0.25, -0.2) is 14.4 Å². The maximum Gasteiger partial charge on any atom is 0.257 e. The Morgan fingerprint density at radius 1 is 1.27 bits per heavy atom. The zero-order valence-corrected chi connectivity index (χ0v) is 17.6. The van der Waals surface area contributed by atoms with Crippen molar-refractivity contribution in [3.8, 4) is 0 Å². The van der Waals surface area contributed by atoms with Gasteiger partial charge in [-0.2, -0.15) is 0 Å². The van der Waals surface area contributed by atoms with Gasteiger partial charge in [-0.15, -0.1) is 0 Å².